The van der Waals surface area contributed by atoms with E-state index in [1.165, 1.54) is 19.3 Å². The third-order valence-electron chi connectivity index (χ3n) is 3.57. The molecule has 22 heavy (non-hydrogen) atoms. The van der Waals surface area contributed by atoms with Crippen LogP contribution in [0.5, 0.6) is 0 Å². The summed E-state index contributed by atoms with van der Waals surface area (Å²) < 4.78 is 5.36. The van der Waals surface area contributed by atoms with Crippen molar-refractivity contribution in [2.24, 2.45) is 11.8 Å². The van der Waals surface area contributed by atoms with Gasteiger partial charge in [0.15, 0.2) is 0 Å². The van der Waals surface area contributed by atoms with Gasteiger partial charge in [-0.2, -0.15) is 0 Å². The quantitative estimate of drug-likeness (QED) is 0.793. The van der Waals surface area contributed by atoms with Gasteiger partial charge in [0.1, 0.15) is 5.60 Å². The molecular weight excluding hydrogens is 276 g/mol. The normalized spacial score (nSPS) is 21.8. The van der Waals surface area contributed by atoms with Crippen molar-refractivity contribution in [2.75, 3.05) is 13.1 Å². The number of alkyl carbamates (subject to hydrolysis) is 1. The molecule has 1 rings (SSSR count). The highest BCUT2D eigenvalue weighted by molar-refractivity contribution is 5.68. The fraction of sp³-hybridized carbons (Fsp3) is 0.944. The lowest BCUT2D eigenvalue weighted by molar-refractivity contribution is 0.0469. The Kier molecular flexibility index (Phi) is 10.5. The molecule has 2 atom stereocenters. The number of amides is 1. The van der Waals surface area contributed by atoms with E-state index in [9.17, 15) is 4.79 Å². The van der Waals surface area contributed by atoms with Crippen LogP contribution in [0.2, 0.25) is 0 Å². The van der Waals surface area contributed by atoms with Crippen molar-refractivity contribution in [1.82, 2.24) is 10.6 Å². The molecule has 4 nitrogen and oxygen atoms in total. The number of ether oxygens (including phenoxy) is 1. The first-order valence-electron chi connectivity index (χ1n) is 8.98. The van der Waals surface area contributed by atoms with Crippen LogP contribution in [0.25, 0.3) is 0 Å². The summed E-state index contributed by atoms with van der Waals surface area (Å²) in [5, 5.41) is 6.58. The molecule has 1 amide bonds. The average molecular weight is 315 g/mol. The second-order valence-corrected chi connectivity index (χ2v) is 7.35. The molecule has 0 aromatic rings. The first-order chi connectivity index (χ1) is 10.3. The summed E-state index contributed by atoms with van der Waals surface area (Å²) in [4.78, 5) is 11.9. The van der Waals surface area contributed by atoms with Crippen molar-refractivity contribution in [3.63, 3.8) is 0 Å². The highest BCUT2D eigenvalue weighted by Gasteiger charge is 2.28. The Balaban J connectivity index is 0.00000211. The van der Waals surface area contributed by atoms with Crippen LogP contribution in [0.4, 0.5) is 4.79 Å². The summed E-state index contributed by atoms with van der Waals surface area (Å²) in [5.41, 5.74) is -0.426. The molecule has 2 N–H and O–H groups in total. The van der Waals surface area contributed by atoms with E-state index in [2.05, 4.69) is 24.5 Å². The van der Waals surface area contributed by atoms with Crippen molar-refractivity contribution in [2.45, 2.75) is 85.8 Å². The van der Waals surface area contributed by atoms with Crippen LogP contribution in [0.1, 0.15) is 74.1 Å². The van der Waals surface area contributed by atoms with E-state index >= 15 is 0 Å². The molecule has 0 radical (unpaired) electrons. The van der Waals surface area contributed by atoms with Gasteiger partial charge >= 0.3 is 6.09 Å². The second kappa shape index (κ2) is 10.9. The summed E-state index contributed by atoms with van der Waals surface area (Å²) in [7, 11) is 0. The molecule has 132 valence electrons. The topological polar surface area (TPSA) is 50.4 Å². The summed E-state index contributed by atoms with van der Waals surface area (Å²) in [5.74, 6) is 1.19. The second-order valence-electron chi connectivity index (χ2n) is 7.35. The third kappa shape index (κ3) is 10.0. The Labute approximate surface area is 137 Å². The van der Waals surface area contributed by atoms with Gasteiger partial charge in [-0.15, -0.1) is 0 Å². The standard InChI is InChI=1S/C16H32N2O2.C2H6/c1-12(2)10-17-11-13-8-6-7-9-14(13)18-15(19)20-16(3,4)5;1-2/h12-14,17H,6-11H2,1-5H3,(H,18,19);1-2H3. The number of nitrogens with one attached hydrogen (secondary N) is 2. The molecule has 0 aromatic heterocycles. The fourth-order valence-electron chi connectivity index (χ4n) is 2.66. The van der Waals surface area contributed by atoms with Gasteiger partial charge in [0, 0.05) is 6.04 Å². The van der Waals surface area contributed by atoms with Gasteiger partial charge in [0.25, 0.3) is 0 Å². The van der Waals surface area contributed by atoms with E-state index < -0.39 is 5.60 Å². The maximum absolute atomic E-state index is 11.9. The Morgan fingerprint density at radius 2 is 1.77 bits per heavy atom. The summed E-state index contributed by atoms with van der Waals surface area (Å²) in [6, 6.07) is 0.248. The van der Waals surface area contributed by atoms with E-state index in [1.807, 2.05) is 34.6 Å². The van der Waals surface area contributed by atoms with Crippen LogP contribution in [0.3, 0.4) is 0 Å². The smallest absolute Gasteiger partial charge is 0.407 e. The van der Waals surface area contributed by atoms with Gasteiger partial charge in [-0.3, -0.25) is 0 Å². The monoisotopic (exact) mass is 314 g/mol. The van der Waals surface area contributed by atoms with E-state index in [0.717, 1.165) is 19.5 Å². The summed E-state index contributed by atoms with van der Waals surface area (Å²) in [6.45, 7) is 16.1. The zero-order valence-electron chi connectivity index (χ0n) is 15.8. The van der Waals surface area contributed by atoms with Crippen LogP contribution < -0.4 is 10.6 Å². The lowest BCUT2D eigenvalue weighted by atomic mass is 9.84. The Morgan fingerprint density at radius 1 is 1.18 bits per heavy atom. The number of hydrogen-bond donors (Lipinski definition) is 2. The third-order valence-corrected chi connectivity index (χ3v) is 3.57. The molecule has 1 fully saturated rings. The summed E-state index contributed by atoms with van der Waals surface area (Å²) in [6.07, 6.45) is 4.43. The molecular formula is C18H38N2O2. The maximum atomic E-state index is 11.9. The largest absolute Gasteiger partial charge is 0.444 e. The van der Waals surface area contributed by atoms with Gasteiger partial charge in [0.2, 0.25) is 0 Å². The van der Waals surface area contributed by atoms with Crippen LogP contribution in [0.15, 0.2) is 0 Å². The zero-order valence-corrected chi connectivity index (χ0v) is 15.8. The number of carbonyl (C=O) groups is 1. The van der Waals surface area contributed by atoms with Crippen LogP contribution in [0, 0.1) is 11.8 Å². The number of carbonyl (C=O) groups excluding carboxylic acids is 1. The predicted octanol–water partition coefficient (Wildman–Crippen LogP) is 4.34. The highest BCUT2D eigenvalue weighted by atomic mass is 16.6. The van der Waals surface area contributed by atoms with Crippen LogP contribution >= 0.6 is 0 Å². The zero-order chi connectivity index (χ0) is 17.2. The fourth-order valence-corrected chi connectivity index (χ4v) is 2.66. The van der Waals surface area contributed by atoms with Crippen molar-refractivity contribution < 1.29 is 9.53 Å². The highest BCUT2D eigenvalue weighted by Crippen LogP contribution is 2.24. The molecule has 2 unspecified atom stereocenters. The van der Waals surface area contributed by atoms with Crippen molar-refractivity contribution in [3.05, 3.63) is 0 Å². The van der Waals surface area contributed by atoms with E-state index in [0.29, 0.717) is 11.8 Å². The lowest BCUT2D eigenvalue weighted by Crippen LogP contribution is -2.47. The predicted molar refractivity (Wildman–Crippen MR) is 94.2 cm³/mol. The minimum absolute atomic E-state index is 0.248. The molecule has 1 saturated carbocycles. The minimum atomic E-state index is -0.426. The average Bonchev–Trinajstić information content (AvgIpc) is 2.40. The maximum Gasteiger partial charge on any atom is 0.407 e. The molecule has 0 aliphatic heterocycles. The van der Waals surface area contributed by atoms with E-state index in [4.69, 9.17) is 4.74 Å². The lowest BCUT2D eigenvalue weighted by Gasteiger charge is -2.33. The van der Waals surface area contributed by atoms with Crippen molar-refractivity contribution >= 4 is 6.09 Å². The molecule has 0 saturated heterocycles. The minimum Gasteiger partial charge on any atom is -0.444 e. The van der Waals surface area contributed by atoms with E-state index in [1.54, 1.807) is 0 Å². The first kappa shape index (κ1) is 21.2. The number of hydrogen-bond acceptors (Lipinski definition) is 3. The molecule has 1 aliphatic carbocycles. The van der Waals surface area contributed by atoms with Crippen molar-refractivity contribution in [1.29, 1.82) is 0 Å². The van der Waals surface area contributed by atoms with Crippen molar-refractivity contribution in [3.8, 4) is 0 Å². The van der Waals surface area contributed by atoms with Crippen LogP contribution in [-0.4, -0.2) is 30.8 Å². The van der Waals surface area contributed by atoms with E-state index in [-0.39, 0.29) is 12.1 Å². The Hall–Kier alpha value is -0.770. The molecule has 0 aromatic carbocycles. The molecule has 0 heterocycles. The molecule has 0 spiro atoms. The van der Waals surface area contributed by atoms with Gasteiger partial charge in [-0.1, -0.05) is 40.5 Å². The van der Waals surface area contributed by atoms with Gasteiger partial charge < -0.3 is 15.4 Å². The molecule has 1 aliphatic rings. The van der Waals surface area contributed by atoms with Gasteiger partial charge in [-0.25, -0.2) is 4.79 Å². The number of rotatable bonds is 5. The Morgan fingerprint density at radius 3 is 2.32 bits per heavy atom. The Bertz CT molecular complexity index is 298. The van der Waals surface area contributed by atoms with Crippen LogP contribution in [-0.2, 0) is 4.74 Å². The molecule has 0 bridgehead atoms. The SMILES string of the molecule is CC.CC(C)CNCC1CCCCC1NC(=O)OC(C)(C)C. The molecule has 4 heteroatoms. The van der Waals surface area contributed by atoms with Gasteiger partial charge in [-0.05, 0) is 58.5 Å². The summed E-state index contributed by atoms with van der Waals surface area (Å²) >= 11 is 0. The first-order valence-corrected chi connectivity index (χ1v) is 8.98. The van der Waals surface area contributed by atoms with Gasteiger partial charge in [0.05, 0.1) is 0 Å².